The SMILES string of the molecule is O=C(NC1CCN(C(=O)c2ccoc2)CC1)c1ccccc1Cc1ccccc1. The van der Waals surface area contributed by atoms with Gasteiger partial charge in [-0.1, -0.05) is 48.5 Å². The van der Waals surface area contributed by atoms with Crippen LogP contribution in [0.1, 0.15) is 44.7 Å². The number of likely N-dealkylation sites (tertiary alicyclic amines) is 1. The number of carbonyl (C=O) groups is 2. The summed E-state index contributed by atoms with van der Waals surface area (Å²) >= 11 is 0. The van der Waals surface area contributed by atoms with E-state index in [1.54, 1.807) is 6.07 Å². The number of furan rings is 1. The Labute approximate surface area is 170 Å². The van der Waals surface area contributed by atoms with E-state index in [0.717, 1.165) is 24.8 Å². The van der Waals surface area contributed by atoms with Crippen LogP contribution in [0, 0.1) is 0 Å². The van der Waals surface area contributed by atoms with Crippen LogP contribution in [0.2, 0.25) is 0 Å². The summed E-state index contributed by atoms with van der Waals surface area (Å²) in [7, 11) is 0. The van der Waals surface area contributed by atoms with Crippen molar-refractivity contribution < 1.29 is 14.0 Å². The van der Waals surface area contributed by atoms with E-state index in [9.17, 15) is 9.59 Å². The Bertz CT molecular complexity index is 959. The first-order valence-electron chi connectivity index (χ1n) is 9.95. The van der Waals surface area contributed by atoms with Crippen LogP contribution in [0.15, 0.2) is 77.6 Å². The zero-order valence-corrected chi connectivity index (χ0v) is 16.2. The van der Waals surface area contributed by atoms with E-state index in [2.05, 4.69) is 17.4 Å². The monoisotopic (exact) mass is 388 g/mol. The molecule has 29 heavy (non-hydrogen) atoms. The van der Waals surface area contributed by atoms with E-state index in [4.69, 9.17) is 4.42 Å². The third-order valence-electron chi connectivity index (χ3n) is 5.38. The number of hydrogen-bond donors (Lipinski definition) is 1. The fourth-order valence-electron chi connectivity index (χ4n) is 3.77. The average Bonchev–Trinajstić information content (AvgIpc) is 3.30. The summed E-state index contributed by atoms with van der Waals surface area (Å²) in [5.41, 5.74) is 3.48. The number of piperidine rings is 1. The van der Waals surface area contributed by atoms with Gasteiger partial charge >= 0.3 is 0 Å². The molecule has 5 nitrogen and oxygen atoms in total. The summed E-state index contributed by atoms with van der Waals surface area (Å²) in [6.07, 6.45) is 5.20. The minimum atomic E-state index is -0.0452. The minimum absolute atomic E-state index is 0.0169. The van der Waals surface area contributed by atoms with Gasteiger partial charge in [-0.2, -0.15) is 0 Å². The molecule has 2 aromatic carbocycles. The fraction of sp³-hybridized carbons (Fsp3) is 0.250. The molecule has 0 unspecified atom stereocenters. The lowest BCUT2D eigenvalue weighted by atomic mass is 9.98. The van der Waals surface area contributed by atoms with Gasteiger partial charge in [0.15, 0.2) is 0 Å². The number of carbonyl (C=O) groups excluding carboxylic acids is 2. The van der Waals surface area contributed by atoms with Crippen molar-refractivity contribution >= 4 is 11.8 Å². The maximum atomic E-state index is 12.9. The van der Waals surface area contributed by atoms with E-state index in [1.165, 1.54) is 18.1 Å². The molecule has 1 aromatic heterocycles. The Morgan fingerprint density at radius 3 is 2.41 bits per heavy atom. The molecule has 148 valence electrons. The summed E-state index contributed by atoms with van der Waals surface area (Å²) in [4.78, 5) is 27.1. The van der Waals surface area contributed by atoms with Gasteiger partial charge in [0, 0.05) is 24.7 Å². The average molecular weight is 388 g/mol. The number of rotatable bonds is 5. The molecular formula is C24H24N2O3. The minimum Gasteiger partial charge on any atom is -0.472 e. The van der Waals surface area contributed by atoms with Gasteiger partial charge in [0.1, 0.15) is 6.26 Å². The highest BCUT2D eigenvalue weighted by atomic mass is 16.3. The van der Waals surface area contributed by atoms with Crippen LogP contribution in [0.25, 0.3) is 0 Å². The lowest BCUT2D eigenvalue weighted by molar-refractivity contribution is 0.0697. The van der Waals surface area contributed by atoms with Crippen LogP contribution in [-0.4, -0.2) is 35.8 Å². The molecule has 1 fully saturated rings. The third-order valence-corrected chi connectivity index (χ3v) is 5.38. The second-order valence-electron chi connectivity index (χ2n) is 7.37. The maximum absolute atomic E-state index is 12.9. The smallest absolute Gasteiger partial charge is 0.257 e. The van der Waals surface area contributed by atoms with E-state index in [1.807, 2.05) is 47.4 Å². The molecule has 0 radical (unpaired) electrons. The Balaban J connectivity index is 1.36. The van der Waals surface area contributed by atoms with Gasteiger partial charge < -0.3 is 14.6 Å². The normalized spacial score (nSPS) is 14.6. The zero-order valence-electron chi connectivity index (χ0n) is 16.2. The first kappa shape index (κ1) is 19.0. The van der Waals surface area contributed by atoms with E-state index in [0.29, 0.717) is 24.2 Å². The first-order valence-corrected chi connectivity index (χ1v) is 9.95. The second-order valence-corrected chi connectivity index (χ2v) is 7.37. The zero-order chi connectivity index (χ0) is 20.1. The molecule has 1 N–H and O–H groups in total. The number of nitrogens with zero attached hydrogens (tertiary/aromatic N) is 1. The quantitative estimate of drug-likeness (QED) is 0.721. The van der Waals surface area contributed by atoms with E-state index < -0.39 is 0 Å². The molecule has 1 saturated heterocycles. The van der Waals surface area contributed by atoms with Crippen molar-refractivity contribution in [3.05, 3.63) is 95.4 Å². The topological polar surface area (TPSA) is 62.6 Å². The van der Waals surface area contributed by atoms with Gasteiger partial charge in [0.05, 0.1) is 11.8 Å². The van der Waals surface area contributed by atoms with Crippen LogP contribution in [0.5, 0.6) is 0 Å². The van der Waals surface area contributed by atoms with Crippen molar-refractivity contribution in [3.8, 4) is 0 Å². The van der Waals surface area contributed by atoms with Crippen LogP contribution in [0.4, 0.5) is 0 Å². The lowest BCUT2D eigenvalue weighted by Crippen LogP contribution is -2.46. The summed E-state index contributed by atoms with van der Waals surface area (Å²) in [5.74, 6) is -0.0622. The van der Waals surface area contributed by atoms with Crippen molar-refractivity contribution in [2.45, 2.75) is 25.3 Å². The molecule has 0 spiro atoms. The van der Waals surface area contributed by atoms with Gasteiger partial charge in [0.2, 0.25) is 0 Å². The van der Waals surface area contributed by atoms with E-state index in [-0.39, 0.29) is 17.9 Å². The maximum Gasteiger partial charge on any atom is 0.257 e. The summed E-state index contributed by atoms with van der Waals surface area (Å²) in [6.45, 7) is 1.25. The Morgan fingerprint density at radius 2 is 1.69 bits per heavy atom. The molecule has 5 heteroatoms. The number of benzene rings is 2. The van der Waals surface area contributed by atoms with Crippen molar-refractivity contribution in [3.63, 3.8) is 0 Å². The predicted octanol–water partition coefficient (Wildman–Crippen LogP) is 3.91. The Hall–Kier alpha value is -3.34. The number of nitrogens with one attached hydrogen (secondary N) is 1. The molecule has 1 aliphatic rings. The largest absolute Gasteiger partial charge is 0.472 e. The summed E-state index contributed by atoms with van der Waals surface area (Å²) in [6, 6.07) is 19.7. The third kappa shape index (κ3) is 4.57. The molecule has 2 amide bonds. The predicted molar refractivity (Wildman–Crippen MR) is 111 cm³/mol. The summed E-state index contributed by atoms with van der Waals surface area (Å²) in [5, 5.41) is 3.16. The van der Waals surface area contributed by atoms with Crippen LogP contribution < -0.4 is 5.32 Å². The number of amides is 2. The van der Waals surface area contributed by atoms with Crippen LogP contribution in [-0.2, 0) is 6.42 Å². The molecule has 0 saturated carbocycles. The highest BCUT2D eigenvalue weighted by Crippen LogP contribution is 2.18. The van der Waals surface area contributed by atoms with Crippen molar-refractivity contribution in [2.75, 3.05) is 13.1 Å². The second kappa shape index (κ2) is 8.78. The summed E-state index contributed by atoms with van der Waals surface area (Å²) < 4.78 is 5.00. The molecule has 2 heterocycles. The highest BCUT2D eigenvalue weighted by Gasteiger charge is 2.25. The van der Waals surface area contributed by atoms with Gasteiger partial charge in [0.25, 0.3) is 11.8 Å². The first-order chi connectivity index (χ1) is 14.2. The highest BCUT2D eigenvalue weighted by molar-refractivity contribution is 5.96. The van der Waals surface area contributed by atoms with Crippen LogP contribution >= 0.6 is 0 Å². The van der Waals surface area contributed by atoms with E-state index >= 15 is 0 Å². The van der Waals surface area contributed by atoms with Crippen molar-refractivity contribution in [1.29, 1.82) is 0 Å². The molecule has 0 atom stereocenters. The van der Waals surface area contributed by atoms with Crippen LogP contribution in [0.3, 0.4) is 0 Å². The van der Waals surface area contributed by atoms with Gasteiger partial charge in [-0.15, -0.1) is 0 Å². The van der Waals surface area contributed by atoms with Gasteiger partial charge in [-0.05, 0) is 42.5 Å². The molecular weight excluding hydrogens is 364 g/mol. The molecule has 3 aromatic rings. The molecule has 1 aliphatic heterocycles. The molecule has 4 rings (SSSR count). The van der Waals surface area contributed by atoms with Crippen molar-refractivity contribution in [2.24, 2.45) is 0 Å². The van der Waals surface area contributed by atoms with Gasteiger partial charge in [-0.3, -0.25) is 9.59 Å². The Morgan fingerprint density at radius 1 is 0.966 bits per heavy atom. The molecule has 0 bridgehead atoms. The fourth-order valence-corrected chi connectivity index (χ4v) is 3.77. The Kier molecular flexibility index (Phi) is 5.75. The van der Waals surface area contributed by atoms with Gasteiger partial charge in [-0.25, -0.2) is 0 Å². The standard InChI is InChI=1S/C24H24N2O3/c27-23(22-9-5-4-8-19(22)16-18-6-2-1-3-7-18)25-21-10-13-26(14-11-21)24(28)20-12-15-29-17-20/h1-9,12,15,17,21H,10-11,13-14,16H2,(H,25,27). The lowest BCUT2D eigenvalue weighted by Gasteiger charge is -2.32. The number of hydrogen-bond acceptors (Lipinski definition) is 3. The molecule has 0 aliphatic carbocycles. The van der Waals surface area contributed by atoms with Crippen molar-refractivity contribution in [1.82, 2.24) is 10.2 Å².